The van der Waals surface area contributed by atoms with E-state index in [0.29, 0.717) is 17.3 Å². The summed E-state index contributed by atoms with van der Waals surface area (Å²) < 4.78 is 6.84. The van der Waals surface area contributed by atoms with Gasteiger partial charge in [0.15, 0.2) is 5.82 Å². The Hall–Kier alpha value is -2.64. The maximum atomic E-state index is 11.0. The standard InChI is InChI=1S/C11H13N5O3/c1-12-11-14-13-10(15(11)2)7-5-4-6-8(16(17)18)9(7)19-3/h4-6H,1-3H3,(H,12,14). The molecule has 0 spiro atoms. The van der Waals surface area contributed by atoms with Gasteiger partial charge in [0.05, 0.1) is 17.6 Å². The molecule has 2 rings (SSSR count). The fraction of sp³-hybridized carbons (Fsp3) is 0.273. The number of aromatic nitrogens is 3. The Bertz CT molecular complexity index is 623. The van der Waals surface area contributed by atoms with Crippen molar-refractivity contribution in [3.63, 3.8) is 0 Å². The smallest absolute Gasteiger partial charge is 0.311 e. The van der Waals surface area contributed by atoms with Gasteiger partial charge in [-0.25, -0.2) is 0 Å². The summed E-state index contributed by atoms with van der Waals surface area (Å²) in [5, 5.41) is 21.8. The summed E-state index contributed by atoms with van der Waals surface area (Å²) in [6.45, 7) is 0. The van der Waals surface area contributed by atoms with Gasteiger partial charge in [-0.2, -0.15) is 0 Å². The molecule has 0 radical (unpaired) electrons. The van der Waals surface area contributed by atoms with E-state index in [2.05, 4.69) is 15.5 Å². The second kappa shape index (κ2) is 4.92. The Morgan fingerprint density at radius 2 is 2.16 bits per heavy atom. The van der Waals surface area contributed by atoms with Gasteiger partial charge < -0.3 is 10.1 Å². The van der Waals surface area contributed by atoms with Gasteiger partial charge in [-0.1, -0.05) is 6.07 Å². The van der Waals surface area contributed by atoms with Crippen molar-refractivity contribution in [2.75, 3.05) is 19.5 Å². The average molecular weight is 263 g/mol. The van der Waals surface area contributed by atoms with Gasteiger partial charge in [0.1, 0.15) is 0 Å². The molecule has 0 bridgehead atoms. The molecule has 1 N–H and O–H groups in total. The number of nitro groups is 1. The van der Waals surface area contributed by atoms with Crippen LogP contribution in [0.15, 0.2) is 18.2 Å². The van der Waals surface area contributed by atoms with Gasteiger partial charge in [-0.3, -0.25) is 14.7 Å². The lowest BCUT2D eigenvalue weighted by Crippen LogP contribution is -2.01. The van der Waals surface area contributed by atoms with Crippen molar-refractivity contribution in [3.8, 4) is 17.1 Å². The molecule has 8 nitrogen and oxygen atoms in total. The SMILES string of the molecule is CNc1nnc(-c2cccc([N+](=O)[O-])c2OC)n1C. The highest BCUT2D eigenvalue weighted by Gasteiger charge is 2.22. The number of hydrogen-bond donors (Lipinski definition) is 1. The predicted molar refractivity (Wildman–Crippen MR) is 69.2 cm³/mol. The zero-order valence-electron chi connectivity index (χ0n) is 10.7. The molecule has 2 aromatic rings. The molecule has 100 valence electrons. The summed E-state index contributed by atoms with van der Waals surface area (Å²) >= 11 is 0. The maximum Gasteiger partial charge on any atom is 0.311 e. The van der Waals surface area contributed by atoms with Crippen LogP contribution in [0.1, 0.15) is 0 Å². The number of anilines is 1. The molecule has 0 amide bonds. The zero-order chi connectivity index (χ0) is 14.0. The molecule has 0 atom stereocenters. The van der Waals surface area contributed by atoms with Crippen LogP contribution < -0.4 is 10.1 Å². The van der Waals surface area contributed by atoms with E-state index in [4.69, 9.17) is 4.74 Å². The molecule has 0 fully saturated rings. The van der Waals surface area contributed by atoms with E-state index in [-0.39, 0.29) is 11.4 Å². The minimum atomic E-state index is -0.488. The molecular formula is C11H13N5O3. The number of nitrogens with one attached hydrogen (secondary N) is 1. The van der Waals surface area contributed by atoms with E-state index in [0.717, 1.165) is 0 Å². The zero-order valence-corrected chi connectivity index (χ0v) is 10.7. The van der Waals surface area contributed by atoms with Crippen LogP contribution >= 0.6 is 0 Å². The number of hydrogen-bond acceptors (Lipinski definition) is 6. The van der Waals surface area contributed by atoms with Gasteiger partial charge in [0.2, 0.25) is 11.7 Å². The Labute approximate surface area is 109 Å². The molecule has 0 aliphatic heterocycles. The first kappa shape index (κ1) is 12.8. The number of benzene rings is 1. The molecule has 0 saturated heterocycles. The van der Waals surface area contributed by atoms with Crippen molar-refractivity contribution >= 4 is 11.6 Å². The third-order valence-corrected chi connectivity index (χ3v) is 2.73. The van der Waals surface area contributed by atoms with E-state index in [9.17, 15) is 10.1 Å². The van der Waals surface area contributed by atoms with Crippen LogP contribution in [0.2, 0.25) is 0 Å². The lowest BCUT2D eigenvalue weighted by Gasteiger charge is -2.08. The van der Waals surface area contributed by atoms with Crippen LogP contribution in [0.5, 0.6) is 5.75 Å². The highest BCUT2D eigenvalue weighted by molar-refractivity contribution is 5.71. The molecule has 0 saturated carbocycles. The third-order valence-electron chi connectivity index (χ3n) is 2.73. The van der Waals surface area contributed by atoms with E-state index in [1.54, 1.807) is 30.8 Å². The normalized spacial score (nSPS) is 10.3. The van der Waals surface area contributed by atoms with E-state index >= 15 is 0 Å². The first-order chi connectivity index (χ1) is 9.10. The number of nitro benzene ring substituents is 1. The first-order valence-electron chi connectivity index (χ1n) is 5.49. The number of nitrogens with zero attached hydrogens (tertiary/aromatic N) is 4. The van der Waals surface area contributed by atoms with Gasteiger partial charge in [-0.05, 0) is 6.07 Å². The first-order valence-corrected chi connectivity index (χ1v) is 5.49. The maximum absolute atomic E-state index is 11.0. The number of ether oxygens (including phenoxy) is 1. The van der Waals surface area contributed by atoms with Crippen LogP contribution in [0.4, 0.5) is 11.6 Å². The van der Waals surface area contributed by atoms with Crippen LogP contribution in [0.3, 0.4) is 0 Å². The number of methoxy groups -OCH3 is 1. The van der Waals surface area contributed by atoms with Crippen LogP contribution in [0.25, 0.3) is 11.4 Å². The molecule has 1 aromatic heterocycles. The fourth-order valence-corrected chi connectivity index (χ4v) is 1.84. The summed E-state index contributed by atoms with van der Waals surface area (Å²) in [4.78, 5) is 10.5. The molecule has 0 unspecified atom stereocenters. The Morgan fingerprint density at radius 1 is 1.42 bits per heavy atom. The summed E-state index contributed by atoms with van der Waals surface area (Å²) in [6, 6.07) is 4.68. The predicted octanol–water partition coefficient (Wildman–Crippen LogP) is 1.44. The highest BCUT2D eigenvalue weighted by Crippen LogP contribution is 2.36. The minimum absolute atomic E-state index is 0.103. The van der Waals surface area contributed by atoms with Gasteiger partial charge in [0, 0.05) is 20.2 Å². The molecule has 8 heteroatoms. The Balaban J connectivity index is 2.65. The lowest BCUT2D eigenvalue weighted by molar-refractivity contribution is -0.385. The molecule has 1 aromatic carbocycles. The quantitative estimate of drug-likeness (QED) is 0.662. The van der Waals surface area contributed by atoms with Gasteiger partial charge in [0.25, 0.3) is 0 Å². The van der Waals surface area contributed by atoms with Crippen LogP contribution in [-0.2, 0) is 7.05 Å². The Kier molecular flexibility index (Phi) is 3.32. The van der Waals surface area contributed by atoms with Crippen molar-refractivity contribution in [1.82, 2.24) is 14.8 Å². The topological polar surface area (TPSA) is 95.1 Å². The fourth-order valence-electron chi connectivity index (χ4n) is 1.84. The Morgan fingerprint density at radius 3 is 2.68 bits per heavy atom. The number of para-hydroxylation sites is 1. The van der Waals surface area contributed by atoms with Crippen molar-refractivity contribution in [1.29, 1.82) is 0 Å². The molecule has 1 heterocycles. The molecule has 19 heavy (non-hydrogen) atoms. The minimum Gasteiger partial charge on any atom is -0.490 e. The van der Waals surface area contributed by atoms with Crippen molar-refractivity contribution in [3.05, 3.63) is 28.3 Å². The highest BCUT2D eigenvalue weighted by atomic mass is 16.6. The molecule has 0 aliphatic carbocycles. The van der Waals surface area contributed by atoms with Crippen molar-refractivity contribution < 1.29 is 9.66 Å². The van der Waals surface area contributed by atoms with E-state index in [1.165, 1.54) is 13.2 Å². The summed E-state index contributed by atoms with van der Waals surface area (Å²) in [5.41, 5.74) is 0.419. The molecular weight excluding hydrogens is 250 g/mol. The van der Waals surface area contributed by atoms with Gasteiger partial charge in [-0.15, -0.1) is 10.2 Å². The van der Waals surface area contributed by atoms with Gasteiger partial charge >= 0.3 is 5.69 Å². The lowest BCUT2D eigenvalue weighted by atomic mass is 10.1. The summed E-state index contributed by atoms with van der Waals surface area (Å²) in [6.07, 6.45) is 0. The van der Waals surface area contributed by atoms with E-state index in [1.807, 2.05) is 0 Å². The second-order valence-corrected chi connectivity index (χ2v) is 3.77. The largest absolute Gasteiger partial charge is 0.490 e. The monoisotopic (exact) mass is 263 g/mol. The van der Waals surface area contributed by atoms with Crippen molar-refractivity contribution in [2.45, 2.75) is 0 Å². The number of rotatable bonds is 4. The second-order valence-electron chi connectivity index (χ2n) is 3.77. The summed E-state index contributed by atoms with van der Waals surface area (Å²) in [5.74, 6) is 1.22. The third kappa shape index (κ3) is 2.07. The average Bonchev–Trinajstić information content (AvgIpc) is 2.78. The van der Waals surface area contributed by atoms with Crippen LogP contribution in [-0.4, -0.2) is 33.8 Å². The molecule has 0 aliphatic rings. The summed E-state index contributed by atoms with van der Waals surface area (Å²) in [7, 11) is 4.87. The van der Waals surface area contributed by atoms with Crippen LogP contribution in [0, 0.1) is 10.1 Å². The van der Waals surface area contributed by atoms with Crippen molar-refractivity contribution in [2.24, 2.45) is 7.05 Å². The van der Waals surface area contributed by atoms with E-state index < -0.39 is 4.92 Å².